The predicted molar refractivity (Wildman–Crippen MR) is 143 cm³/mol. The average molecular weight is 454 g/mol. The van der Waals surface area contributed by atoms with Crippen LogP contribution in [0.2, 0.25) is 0 Å². The minimum Gasteiger partial charge on any atom is -0.256 e. The summed E-state index contributed by atoms with van der Waals surface area (Å²) in [6.45, 7) is 4.27. The normalized spacial score (nSPS) is 12.7. The number of pyridine rings is 1. The lowest BCUT2D eigenvalue weighted by Gasteiger charge is -2.20. The lowest BCUT2D eigenvalue weighted by atomic mass is 9.83. The molecule has 3 aromatic heterocycles. The van der Waals surface area contributed by atoms with E-state index < -0.39 is 0 Å². The molecule has 7 rings (SSSR count). The van der Waals surface area contributed by atoms with E-state index in [0.29, 0.717) is 0 Å². The fraction of sp³-hybridized carbons (Fsp3) is 0.0333. The van der Waals surface area contributed by atoms with Gasteiger partial charge in [0.25, 0.3) is 0 Å². The summed E-state index contributed by atoms with van der Waals surface area (Å²) in [6.07, 6.45) is 7.51. The SMILES string of the molecule is C=CC(c1ccccc1-c1ncccn1)c1ccc2sc3cccc4c5cccnc5c1c2c34. The van der Waals surface area contributed by atoms with Gasteiger partial charge in [-0.3, -0.25) is 4.98 Å². The van der Waals surface area contributed by atoms with Crippen molar-refractivity contribution in [1.82, 2.24) is 15.0 Å². The molecule has 0 aliphatic carbocycles. The maximum Gasteiger partial charge on any atom is 0.159 e. The zero-order valence-electron chi connectivity index (χ0n) is 18.3. The van der Waals surface area contributed by atoms with E-state index in [1.807, 2.05) is 41.8 Å². The molecular weight excluding hydrogens is 434 g/mol. The predicted octanol–water partition coefficient (Wildman–Crippen LogP) is 7.97. The minimum atomic E-state index is -0.0329. The molecule has 7 aromatic rings. The monoisotopic (exact) mass is 453 g/mol. The molecule has 0 bridgehead atoms. The van der Waals surface area contributed by atoms with Crippen molar-refractivity contribution in [1.29, 1.82) is 0 Å². The molecular formula is C30H19N3S. The Kier molecular flexibility index (Phi) is 4.23. The molecule has 3 nitrogen and oxygen atoms in total. The van der Waals surface area contributed by atoms with Crippen molar-refractivity contribution in [2.45, 2.75) is 5.92 Å². The van der Waals surface area contributed by atoms with Crippen LogP contribution in [0.5, 0.6) is 0 Å². The first kappa shape index (κ1) is 19.3. The number of benzene rings is 4. The highest BCUT2D eigenvalue weighted by atomic mass is 32.1. The third kappa shape index (κ3) is 2.66. The molecule has 1 unspecified atom stereocenters. The Morgan fingerprint density at radius 1 is 0.647 bits per heavy atom. The maximum absolute atomic E-state index is 4.91. The van der Waals surface area contributed by atoms with Crippen LogP contribution in [0.3, 0.4) is 0 Å². The number of hydrogen-bond acceptors (Lipinski definition) is 4. The summed E-state index contributed by atoms with van der Waals surface area (Å²) in [5.41, 5.74) is 4.41. The maximum atomic E-state index is 4.91. The van der Waals surface area contributed by atoms with Crippen LogP contribution in [-0.2, 0) is 0 Å². The summed E-state index contributed by atoms with van der Waals surface area (Å²) in [6, 6.07) is 25.5. The highest BCUT2D eigenvalue weighted by Gasteiger charge is 2.24. The molecule has 0 saturated carbocycles. The molecule has 0 saturated heterocycles. The Morgan fingerprint density at radius 3 is 2.32 bits per heavy atom. The Balaban J connectivity index is 1.61. The van der Waals surface area contributed by atoms with Crippen molar-refractivity contribution in [3.8, 4) is 11.4 Å². The molecule has 4 aromatic carbocycles. The van der Waals surface area contributed by atoms with Crippen LogP contribution in [0.4, 0.5) is 0 Å². The summed E-state index contributed by atoms with van der Waals surface area (Å²) in [4.78, 5) is 14.0. The molecule has 0 radical (unpaired) electrons. The smallest absolute Gasteiger partial charge is 0.159 e. The summed E-state index contributed by atoms with van der Waals surface area (Å²) < 4.78 is 2.61. The number of aromatic nitrogens is 3. The summed E-state index contributed by atoms with van der Waals surface area (Å²) >= 11 is 1.85. The van der Waals surface area contributed by atoms with Gasteiger partial charge in [-0.1, -0.05) is 54.6 Å². The van der Waals surface area contributed by atoms with Crippen LogP contribution >= 0.6 is 11.3 Å². The standard InChI is InChI=1S/C30H19N3S/c1-2-18(19-8-3-4-9-23(19)30-32-16-7-17-33-30)21-13-14-25-28-26-20(10-5-12-24(26)34-25)22-11-6-15-31-29(22)27(21)28/h2-18H,1H2. The lowest BCUT2D eigenvalue weighted by molar-refractivity contribution is 1.04. The molecule has 3 heterocycles. The number of allylic oxidation sites excluding steroid dienone is 1. The molecule has 34 heavy (non-hydrogen) atoms. The van der Waals surface area contributed by atoms with Crippen LogP contribution in [-0.4, -0.2) is 15.0 Å². The average Bonchev–Trinajstić information content (AvgIpc) is 3.29. The topological polar surface area (TPSA) is 38.7 Å². The largest absolute Gasteiger partial charge is 0.256 e. The van der Waals surface area contributed by atoms with Crippen molar-refractivity contribution in [2.75, 3.05) is 0 Å². The van der Waals surface area contributed by atoms with Gasteiger partial charge in [0.05, 0.1) is 5.52 Å². The van der Waals surface area contributed by atoms with E-state index in [1.165, 1.54) is 41.9 Å². The highest BCUT2D eigenvalue weighted by molar-refractivity contribution is 7.26. The van der Waals surface area contributed by atoms with Gasteiger partial charge in [0.15, 0.2) is 5.82 Å². The second kappa shape index (κ2) is 7.44. The van der Waals surface area contributed by atoms with Crippen molar-refractivity contribution < 1.29 is 0 Å². The van der Waals surface area contributed by atoms with Crippen LogP contribution in [0.25, 0.3) is 53.2 Å². The Hall–Kier alpha value is -4.15. The van der Waals surface area contributed by atoms with Crippen molar-refractivity contribution in [3.63, 3.8) is 0 Å². The molecule has 0 aliphatic rings. The van der Waals surface area contributed by atoms with Gasteiger partial charge >= 0.3 is 0 Å². The summed E-state index contributed by atoms with van der Waals surface area (Å²) in [5.74, 6) is 0.691. The fourth-order valence-corrected chi connectivity index (χ4v) is 6.46. The van der Waals surface area contributed by atoms with Gasteiger partial charge in [-0.15, -0.1) is 17.9 Å². The lowest BCUT2D eigenvalue weighted by Crippen LogP contribution is -2.03. The Morgan fingerprint density at radius 2 is 1.44 bits per heavy atom. The number of rotatable bonds is 4. The highest BCUT2D eigenvalue weighted by Crippen LogP contribution is 2.48. The molecule has 4 heteroatoms. The van der Waals surface area contributed by atoms with E-state index in [0.717, 1.165) is 22.5 Å². The van der Waals surface area contributed by atoms with Crippen LogP contribution in [0, 0.1) is 0 Å². The number of hydrogen-bond donors (Lipinski definition) is 0. The van der Waals surface area contributed by atoms with E-state index in [4.69, 9.17) is 4.98 Å². The van der Waals surface area contributed by atoms with Gasteiger partial charge in [0, 0.05) is 61.0 Å². The molecule has 0 amide bonds. The van der Waals surface area contributed by atoms with E-state index in [9.17, 15) is 0 Å². The first-order valence-electron chi connectivity index (χ1n) is 11.3. The van der Waals surface area contributed by atoms with Gasteiger partial charge in [0.2, 0.25) is 0 Å². The van der Waals surface area contributed by atoms with Crippen LogP contribution in [0.1, 0.15) is 17.0 Å². The molecule has 160 valence electrons. The van der Waals surface area contributed by atoms with E-state index >= 15 is 0 Å². The van der Waals surface area contributed by atoms with Crippen LogP contribution < -0.4 is 0 Å². The molecule has 0 spiro atoms. The molecule has 0 fully saturated rings. The van der Waals surface area contributed by atoms with E-state index in [2.05, 4.69) is 71.1 Å². The molecule has 0 N–H and O–H groups in total. The van der Waals surface area contributed by atoms with Gasteiger partial charge in [-0.05, 0) is 40.8 Å². The third-order valence-corrected chi connectivity index (χ3v) is 7.82. The second-order valence-electron chi connectivity index (χ2n) is 8.46. The first-order chi connectivity index (χ1) is 16.8. The number of nitrogens with zero attached hydrogens (tertiary/aromatic N) is 3. The zero-order chi connectivity index (χ0) is 22.6. The number of thiophene rings is 1. The Bertz CT molecular complexity index is 1840. The van der Waals surface area contributed by atoms with Gasteiger partial charge < -0.3 is 0 Å². The first-order valence-corrected chi connectivity index (χ1v) is 12.1. The quantitative estimate of drug-likeness (QED) is 0.200. The zero-order valence-corrected chi connectivity index (χ0v) is 19.1. The van der Waals surface area contributed by atoms with Crippen molar-refractivity contribution >= 4 is 53.2 Å². The second-order valence-corrected chi connectivity index (χ2v) is 9.54. The van der Waals surface area contributed by atoms with Crippen molar-refractivity contribution in [3.05, 3.63) is 115 Å². The molecule has 1 atom stereocenters. The van der Waals surface area contributed by atoms with E-state index in [1.54, 1.807) is 12.4 Å². The van der Waals surface area contributed by atoms with Gasteiger partial charge in [-0.2, -0.15) is 0 Å². The van der Waals surface area contributed by atoms with Gasteiger partial charge in [-0.25, -0.2) is 9.97 Å². The Labute approximate surface area is 200 Å². The molecule has 0 aliphatic heterocycles. The third-order valence-electron chi connectivity index (χ3n) is 6.70. The van der Waals surface area contributed by atoms with E-state index in [-0.39, 0.29) is 5.92 Å². The van der Waals surface area contributed by atoms with Gasteiger partial charge in [0.1, 0.15) is 0 Å². The summed E-state index contributed by atoms with van der Waals surface area (Å²) in [7, 11) is 0. The minimum absolute atomic E-state index is 0.0329. The summed E-state index contributed by atoms with van der Waals surface area (Å²) in [5, 5.41) is 6.31. The fourth-order valence-electron chi connectivity index (χ4n) is 5.32. The van der Waals surface area contributed by atoms with Crippen LogP contribution in [0.15, 0.2) is 104 Å². The number of fused-ring (bicyclic) bond motifs is 3. The van der Waals surface area contributed by atoms with Crippen molar-refractivity contribution in [2.24, 2.45) is 0 Å².